The van der Waals surface area contributed by atoms with Crippen LogP contribution < -0.4 is 5.32 Å². The van der Waals surface area contributed by atoms with Gasteiger partial charge < -0.3 is 5.32 Å². The Kier molecular flexibility index (Phi) is 4.60. The van der Waals surface area contributed by atoms with E-state index in [1.807, 2.05) is 22.7 Å². The first kappa shape index (κ1) is 14.7. The fraction of sp³-hybridized carbons (Fsp3) is 0.533. The number of halogens is 1. The Morgan fingerprint density at radius 2 is 2.15 bits per heavy atom. The zero-order valence-corrected chi connectivity index (χ0v) is 15.1. The van der Waals surface area contributed by atoms with Crippen molar-refractivity contribution in [2.24, 2.45) is 0 Å². The first-order valence-corrected chi connectivity index (χ1v) is 9.59. The van der Waals surface area contributed by atoms with Gasteiger partial charge in [0.05, 0.1) is 11.7 Å². The minimum atomic E-state index is 0.255. The Labute approximate surface area is 136 Å². The van der Waals surface area contributed by atoms with E-state index in [1.165, 1.54) is 49.1 Å². The Morgan fingerprint density at radius 1 is 1.35 bits per heavy atom. The third kappa shape index (κ3) is 2.86. The van der Waals surface area contributed by atoms with Crippen molar-refractivity contribution in [1.29, 1.82) is 0 Å². The summed E-state index contributed by atoms with van der Waals surface area (Å²) in [5, 5.41) is 4.85. The van der Waals surface area contributed by atoms with Gasteiger partial charge in [-0.2, -0.15) is 0 Å². The van der Waals surface area contributed by atoms with E-state index in [-0.39, 0.29) is 6.04 Å². The molecule has 1 atom stereocenters. The van der Waals surface area contributed by atoms with Crippen molar-refractivity contribution in [3.8, 4) is 0 Å². The molecule has 2 aromatic rings. The lowest BCUT2D eigenvalue weighted by Gasteiger charge is -2.13. The number of aryl methyl sites for hydroxylation is 3. The van der Waals surface area contributed by atoms with Crippen LogP contribution in [0.4, 0.5) is 0 Å². The molecular formula is C15H19BrN2S2. The van der Waals surface area contributed by atoms with Crippen molar-refractivity contribution >= 4 is 38.6 Å². The molecule has 108 valence electrons. The van der Waals surface area contributed by atoms with Crippen LogP contribution in [0.1, 0.15) is 51.1 Å². The molecule has 0 bridgehead atoms. The zero-order chi connectivity index (χ0) is 14.1. The summed E-state index contributed by atoms with van der Waals surface area (Å²) >= 11 is 7.40. The lowest BCUT2D eigenvalue weighted by atomic mass is 10.0. The average Bonchev–Trinajstić information content (AvgIpc) is 3.00. The molecule has 1 unspecified atom stereocenters. The summed E-state index contributed by atoms with van der Waals surface area (Å²) in [6.07, 6.45) is 5.01. The van der Waals surface area contributed by atoms with Crippen molar-refractivity contribution in [3.05, 3.63) is 35.9 Å². The van der Waals surface area contributed by atoms with Crippen molar-refractivity contribution in [2.45, 2.75) is 45.6 Å². The highest BCUT2D eigenvalue weighted by Crippen LogP contribution is 2.37. The van der Waals surface area contributed by atoms with Gasteiger partial charge in [-0.3, -0.25) is 0 Å². The minimum absolute atomic E-state index is 0.255. The standard InChI is InChI=1S/C15H19BrN2S2/c1-3-17-14(13-8-10(16)9(2)19-13)15-18-11-6-4-5-7-12(11)20-15/h8,14,17H,3-7H2,1-2H3. The second-order valence-electron chi connectivity index (χ2n) is 5.17. The summed E-state index contributed by atoms with van der Waals surface area (Å²) in [6, 6.07) is 2.50. The normalized spacial score (nSPS) is 16.1. The van der Waals surface area contributed by atoms with Crippen molar-refractivity contribution in [3.63, 3.8) is 0 Å². The summed E-state index contributed by atoms with van der Waals surface area (Å²) in [6.45, 7) is 5.29. The molecule has 1 N–H and O–H groups in total. The largest absolute Gasteiger partial charge is 0.304 e. The van der Waals surface area contributed by atoms with Gasteiger partial charge in [0, 0.05) is 19.1 Å². The number of nitrogens with zero attached hydrogens (tertiary/aromatic N) is 1. The molecule has 1 aliphatic rings. The molecule has 20 heavy (non-hydrogen) atoms. The van der Waals surface area contributed by atoms with Gasteiger partial charge in [0.15, 0.2) is 0 Å². The smallest absolute Gasteiger partial charge is 0.115 e. The lowest BCUT2D eigenvalue weighted by Crippen LogP contribution is -2.21. The van der Waals surface area contributed by atoms with Crippen LogP contribution in [0.3, 0.4) is 0 Å². The molecule has 0 saturated carbocycles. The van der Waals surface area contributed by atoms with Gasteiger partial charge in [0.1, 0.15) is 5.01 Å². The first-order chi connectivity index (χ1) is 9.69. The number of rotatable bonds is 4. The third-order valence-corrected chi connectivity index (χ3v) is 7.10. The SMILES string of the molecule is CCNC(c1cc(Br)c(C)s1)c1nc2c(s1)CCCC2. The molecule has 2 aromatic heterocycles. The van der Waals surface area contributed by atoms with Crippen LogP contribution in [0.25, 0.3) is 0 Å². The number of thiazole rings is 1. The first-order valence-electron chi connectivity index (χ1n) is 7.16. The molecular weight excluding hydrogens is 352 g/mol. The molecule has 1 aliphatic carbocycles. The topological polar surface area (TPSA) is 24.9 Å². The van der Waals surface area contributed by atoms with Crippen LogP contribution in [-0.2, 0) is 12.8 Å². The second kappa shape index (κ2) is 6.26. The van der Waals surface area contributed by atoms with E-state index >= 15 is 0 Å². The highest BCUT2D eigenvalue weighted by molar-refractivity contribution is 9.10. The molecule has 2 nitrogen and oxygen atoms in total. The summed E-state index contributed by atoms with van der Waals surface area (Å²) in [4.78, 5) is 9.15. The van der Waals surface area contributed by atoms with E-state index in [0.29, 0.717) is 0 Å². The Balaban J connectivity index is 1.95. The molecule has 0 spiro atoms. The van der Waals surface area contributed by atoms with Crippen molar-refractivity contribution in [1.82, 2.24) is 10.3 Å². The van der Waals surface area contributed by atoms with E-state index in [4.69, 9.17) is 4.98 Å². The van der Waals surface area contributed by atoms with Crippen LogP contribution in [0, 0.1) is 6.92 Å². The molecule has 0 radical (unpaired) electrons. The fourth-order valence-corrected chi connectivity index (χ4v) is 5.60. The van der Waals surface area contributed by atoms with Crippen molar-refractivity contribution in [2.75, 3.05) is 6.54 Å². The van der Waals surface area contributed by atoms with Crippen molar-refractivity contribution < 1.29 is 0 Å². The van der Waals surface area contributed by atoms with Gasteiger partial charge in [0.2, 0.25) is 0 Å². The van der Waals surface area contributed by atoms with E-state index in [9.17, 15) is 0 Å². The predicted molar refractivity (Wildman–Crippen MR) is 91.0 cm³/mol. The summed E-state index contributed by atoms with van der Waals surface area (Å²) in [5.74, 6) is 0. The number of hydrogen-bond donors (Lipinski definition) is 1. The van der Waals surface area contributed by atoms with Gasteiger partial charge in [-0.1, -0.05) is 6.92 Å². The predicted octanol–water partition coefficient (Wildman–Crippen LogP) is 4.85. The van der Waals surface area contributed by atoms with Crippen LogP contribution in [0.2, 0.25) is 0 Å². The van der Waals surface area contributed by atoms with Gasteiger partial charge in [0.25, 0.3) is 0 Å². The van der Waals surface area contributed by atoms with Crippen LogP contribution in [-0.4, -0.2) is 11.5 Å². The number of aromatic nitrogens is 1. The second-order valence-corrected chi connectivity index (χ2v) is 8.43. The van der Waals surface area contributed by atoms with Crippen LogP contribution in [0.5, 0.6) is 0 Å². The van der Waals surface area contributed by atoms with E-state index in [0.717, 1.165) is 13.0 Å². The van der Waals surface area contributed by atoms with Gasteiger partial charge in [-0.05, 0) is 61.1 Å². The van der Waals surface area contributed by atoms with Crippen LogP contribution >= 0.6 is 38.6 Å². The summed E-state index contributed by atoms with van der Waals surface area (Å²) in [7, 11) is 0. The highest BCUT2D eigenvalue weighted by Gasteiger charge is 2.23. The lowest BCUT2D eigenvalue weighted by molar-refractivity contribution is 0.628. The molecule has 3 rings (SSSR count). The zero-order valence-electron chi connectivity index (χ0n) is 11.8. The highest BCUT2D eigenvalue weighted by atomic mass is 79.9. The molecule has 0 amide bonds. The maximum absolute atomic E-state index is 4.93. The van der Waals surface area contributed by atoms with E-state index in [2.05, 4.69) is 41.2 Å². The molecule has 5 heteroatoms. The Morgan fingerprint density at radius 3 is 2.80 bits per heavy atom. The number of thiophene rings is 1. The fourth-order valence-electron chi connectivity index (χ4n) is 2.63. The monoisotopic (exact) mass is 370 g/mol. The van der Waals surface area contributed by atoms with Gasteiger partial charge in [-0.25, -0.2) is 4.98 Å². The van der Waals surface area contributed by atoms with Gasteiger partial charge >= 0.3 is 0 Å². The Hall–Kier alpha value is -0.230. The molecule has 2 heterocycles. The maximum Gasteiger partial charge on any atom is 0.115 e. The summed E-state index contributed by atoms with van der Waals surface area (Å²) < 4.78 is 1.21. The quantitative estimate of drug-likeness (QED) is 0.831. The van der Waals surface area contributed by atoms with E-state index in [1.54, 1.807) is 0 Å². The minimum Gasteiger partial charge on any atom is -0.304 e. The molecule has 0 fully saturated rings. The number of hydrogen-bond acceptors (Lipinski definition) is 4. The molecule has 0 aliphatic heterocycles. The van der Waals surface area contributed by atoms with E-state index < -0.39 is 0 Å². The number of fused-ring (bicyclic) bond motifs is 1. The van der Waals surface area contributed by atoms with Crippen LogP contribution in [0.15, 0.2) is 10.5 Å². The molecule has 0 saturated heterocycles. The Bertz CT molecular complexity index is 560. The third-order valence-electron chi connectivity index (χ3n) is 3.68. The van der Waals surface area contributed by atoms with Gasteiger partial charge in [-0.15, -0.1) is 22.7 Å². The number of nitrogens with one attached hydrogen (secondary N) is 1. The summed E-state index contributed by atoms with van der Waals surface area (Å²) in [5.41, 5.74) is 1.35. The molecule has 0 aromatic carbocycles. The maximum atomic E-state index is 4.93. The average molecular weight is 371 g/mol.